The molecule has 9 heteroatoms. The first-order valence-electron chi connectivity index (χ1n) is 13.4. The summed E-state index contributed by atoms with van der Waals surface area (Å²) in [5.74, 6) is 0.316. The Morgan fingerprint density at radius 1 is 1.12 bits per heavy atom. The molecule has 5 rings (SSSR count). The second-order valence-electron chi connectivity index (χ2n) is 11.0. The number of amides is 1. The van der Waals surface area contributed by atoms with E-state index in [9.17, 15) is 14.4 Å². The van der Waals surface area contributed by atoms with Crippen LogP contribution < -0.4 is 10.9 Å². The molecule has 4 aromatic rings. The Kier molecular flexibility index (Phi) is 8.14. The molecule has 1 aliphatic rings. The van der Waals surface area contributed by atoms with Crippen molar-refractivity contribution in [3.05, 3.63) is 81.0 Å². The third-order valence-corrected chi connectivity index (χ3v) is 9.56. The summed E-state index contributed by atoms with van der Waals surface area (Å²) in [6.45, 7) is 6.75. The van der Waals surface area contributed by atoms with E-state index in [0.29, 0.717) is 38.3 Å². The summed E-state index contributed by atoms with van der Waals surface area (Å²) in [5.41, 5.74) is 2.86. The molecule has 1 aliphatic carbocycles. The fraction of sp³-hybridized carbons (Fsp3) is 0.355. The van der Waals surface area contributed by atoms with Crippen LogP contribution in [0.2, 0.25) is 0 Å². The molecule has 0 fully saturated rings. The molecule has 0 radical (unpaired) electrons. The first-order chi connectivity index (χ1) is 19.2. The molecule has 208 valence electrons. The van der Waals surface area contributed by atoms with Crippen LogP contribution in [-0.4, -0.2) is 34.3 Å². The molecule has 7 nitrogen and oxygen atoms in total. The number of thiophene rings is 1. The molecule has 2 aromatic heterocycles. The summed E-state index contributed by atoms with van der Waals surface area (Å²) >= 11 is 2.85. The molecule has 0 saturated carbocycles. The highest BCUT2D eigenvalue weighted by Crippen LogP contribution is 2.44. The van der Waals surface area contributed by atoms with Gasteiger partial charge in [-0.3, -0.25) is 14.2 Å². The molecule has 0 spiro atoms. The lowest BCUT2D eigenvalue weighted by atomic mass is 9.72. The fourth-order valence-electron chi connectivity index (χ4n) is 5.17. The van der Waals surface area contributed by atoms with Crippen molar-refractivity contribution in [2.75, 3.05) is 18.2 Å². The first-order valence-corrected chi connectivity index (χ1v) is 15.2. The van der Waals surface area contributed by atoms with Gasteiger partial charge in [0.05, 0.1) is 29.3 Å². The van der Waals surface area contributed by atoms with E-state index >= 15 is 0 Å². The lowest BCUT2D eigenvalue weighted by molar-refractivity contribution is -0.115. The Hall–Kier alpha value is -3.43. The van der Waals surface area contributed by atoms with Gasteiger partial charge in [-0.2, -0.15) is 0 Å². The van der Waals surface area contributed by atoms with Gasteiger partial charge in [-0.1, -0.05) is 62.9 Å². The van der Waals surface area contributed by atoms with Gasteiger partial charge in [-0.05, 0) is 60.4 Å². The van der Waals surface area contributed by atoms with Crippen LogP contribution in [0.3, 0.4) is 0 Å². The summed E-state index contributed by atoms with van der Waals surface area (Å²) in [6.07, 6.45) is 2.89. The molecular formula is C31H33N3O4S2. The van der Waals surface area contributed by atoms with Crippen LogP contribution in [0.4, 0.5) is 5.00 Å². The number of anilines is 1. The normalized spacial score (nSPS) is 15.1. The van der Waals surface area contributed by atoms with Crippen molar-refractivity contribution in [2.24, 2.45) is 11.3 Å². The number of thioether (sulfide) groups is 1. The maximum Gasteiger partial charge on any atom is 0.341 e. The van der Waals surface area contributed by atoms with Crippen molar-refractivity contribution < 1.29 is 14.3 Å². The van der Waals surface area contributed by atoms with Crippen LogP contribution in [0.25, 0.3) is 16.6 Å². The first kappa shape index (κ1) is 28.1. The number of ether oxygens (including phenoxy) is 1. The van der Waals surface area contributed by atoms with Crippen molar-refractivity contribution in [1.29, 1.82) is 0 Å². The summed E-state index contributed by atoms with van der Waals surface area (Å²) in [4.78, 5) is 45.1. The number of hydrogen-bond donors (Lipinski definition) is 1. The predicted octanol–water partition coefficient (Wildman–Crippen LogP) is 6.51. The van der Waals surface area contributed by atoms with Crippen LogP contribution in [0, 0.1) is 11.3 Å². The Labute approximate surface area is 242 Å². The molecule has 1 amide bonds. The van der Waals surface area contributed by atoms with Crippen LogP contribution in [0.1, 0.15) is 54.4 Å². The molecule has 0 bridgehead atoms. The summed E-state index contributed by atoms with van der Waals surface area (Å²) in [6, 6.07) is 16.7. The van der Waals surface area contributed by atoms with Crippen LogP contribution in [0.5, 0.6) is 0 Å². The third kappa shape index (κ3) is 5.71. The summed E-state index contributed by atoms with van der Waals surface area (Å²) in [5, 5.41) is 4.61. The second-order valence-corrected chi connectivity index (χ2v) is 13.2. The number of carbonyl (C=O) groups is 2. The van der Waals surface area contributed by atoms with Gasteiger partial charge in [0.2, 0.25) is 5.91 Å². The minimum Gasteiger partial charge on any atom is -0.465 e. The molecule has 1 unspecified atom stereocenters. The highest BCUT2D eigenvalue weighted by molar-refractivity contribution is 7.99. The van der Waals surface area contributed by atoms with E-state index in [2.05, 4.69) is 26.1 Å². The number of para-hydroxylation sites is 2. The predicted molar refractivity (Wildman–Crippen MR) is 162 cm³/mol. The minimum absolute atomic E-state index is 0.149. The van der Waals surface area contributed by atoms with Gasteiger partial charge < -0.3 is 10.1 Å². The molecule has 2 heterocycles. The van der Waals surface area contributed by atoms with Crippen molar-refractivity contribution in [3.63, 3.8) is 0 Å². The zero-order chi connectivity index (χ0) is 28.4. The number of nitrogens with zero attached hydrogens (tertiary/aromatic N) is 2. The third-order valence-electron chi connectivity index (χ3n) is 7.45. The van der Waals surface area contributed by atoms with E-state index in [-0.39, 0.29) is 23.3 Å². The van der Waals surface area contributed by atoms with E-state index in [4.69, 9.17) is 9.72 Å². The standard InChI is InChI=1S/C31H33N3O4S2/c1-31(2,3)19-14-15-22-24(18-19)40-27(26(22)29(37)38-4)33-25(35)16-17-39-30-32-23-13-9-8-12-21(23)28(36)34(30)20-10-6-5-7-11-20/h5-13,19H,14-18H2,1-4H3,(H,33,35). The maximum atomic E-state index is 13.4. The fourth-order valence-corrected chi connectivity index (χ4v) is 7.45. The van der Waals surface area contributed by atoms with E-state index < -0.39 is 5.97 Å². The molecule has 1 atom stereocenters. The van der Waals surface area contributed by atoms with Gasteiger partial charge in [0, 0.05) is 17.1 Å². The van der Waals surface area contributed by atoms with Gasteiger partial charge >= 0.3 is 5.97 Å². The Morgan fingerprint density at radius 3 is 2.58 bits per heavy atom. The number of benzene rings is 2. The quantitative estimate of drug-likeness (QED) is 0.154. The number of carbonyl (C=O) groups excluding carboxylic acids is 2. The summed E-state index contributed by atoms with van der Waals surface area (Å²) in [7, 11) is 1.37. The van der Waals surface area contributed by atoms with E-state index in [1.165, 1.54) is 30.2 Å². The topological polar surface area (TPSA) is 90.3 Å². The number of rotatable bonds is 7. The van der Waals surface area contributed by atoms with E-state index in [1.807, 2.05) is 48.5 Å². The average Bonchev–Trinajstić information content (AvgIpc) is 3.29. The van der Waals surface area contributed by atoms with Crippen molar-refractivity contribution in [1.82, 2.24) is 9.55 Å². The van der Waals surface area contributed by atoms with E-state index in [0.717, 1.165) is 35.4 Å². The average molecular weight is 576 g/mol. The molecule has 0 aliphatic heterocycles. The lowest BCUT2D eigenvalue weighted by Gasteiger charge is -2.33. The smallest absolute Gasteiger partial charge is 0.341 e. The Morgan fingerprint density at radius 2 is 1.85 bits per heavy atom. The van der Waals surface area contributed by atoms with Gasteiger partial charge in [0.15, 0.2) is 5.16 Å². The number of fused-ring (bicyclic) bond motifs is 2. The maximum absolute atomic E-state index is 13.4. The van der Waals surface area contributed by atoms with Gasteiger partial charge in [0.1, 0.15) is 5.00 Å². The molecule has 2 aromatic carbocycles. The summed E-state index contributed by atoms with van der Waals surface area (Å²) < 4.78 is 6.69. The van der Waals surface area contributed by atoms with Crippen molar-refractivity contribution in [2.45, 2.75) is 51.6 Å². The highest BCUT2D eigenvalue weighted by atomic mass is 32.2. The SMILES string of the molecule is COC(=O)c1c(NC(=O)CCSc2nc3ccccc3c(=O)n2-c2ccccc2)sc2c1CCC(C(C)(C)C)C2. The molecular weight excluding hydrogens is 542 g/mol. The van der Waals surface area contributed by atoms with Crippen LogP contribution >= 0.6 is 23.1 Å². The van der Waals surface area contributed by atoms with Crippen LogP contribution in [0.15, 0.2) is 64.5 Å². The molecule has 1 N–H and O–H groups in total. The van der Waals surface area contributed by atoms with Gasteiger partial charge in [0.25, 0.3) is 5.56 Å². The zero-order valence-electron chi connectivity index (χ0n) is 23.2. The van der Waals surface area contributed by atoms with Crippen molar-refractivity contribution >= 4 is 50.9 Å². The van der Waals surface area contributed by atoms with Crippen LogP contribution in [-0.2, 0) is 22.4 Å². The largest absolute Gasteiger partial charge is 0.465 e. The number of nitrogens with one attached hydrogen (secondary N) is 1. The van der Waals surface area contributed by atoms with Gasteiger partial charge in [-0.15, -0.1) is 11.3 Å². The zero-order valence-corrected chi connectivity index (χ0v) is 24.8. The Bertz CT molecular complexity index is 1620. The molecule has 40 heavy (non-hydrogen) atoms. The highest BCUT2D eigenvalue weighted by Gasteiger charge is 2.34. The van der Waals surface area contributed by atoms with Gasteiger partial charge in [-0.25, -0.2) is 9.78 Å². The monoisotopic (exact) mass is 575 g/mol. The van der Waals surface area contributed by atoms with Crippen molar-refractivity contribution in [3.8, 4) is 5.69 Å². The number of hydrogen-bond acceptors (Lipinski definition) is 7. The van der Waals surface area contributed by atoms with E-state index in [1.54, 1.807) is 10.6 Å². The minimum atomic E-state index is -0.413. The Balaban J connectivity index is 1.35. The number of aromatic nitrogens is 2. The lowest BCUT2D eigenvalue weighted by Crippen LogP contribution is -2.26. The number of esters is 1. The second kappa shape index (κ2) is 11.6. The number of methoxy groups -OCH3 is 1. The molecule has 0 saturated heterocycles.